The van der Waals surface area contributed by atoms with Gasteiger partial charge < -0.3 is 15.7 Å². The van der Waals surface area contributed by atoms with E-state index in [-0.39, 0.29) is 10.1 Å². The van der Waals surface area contributed by atoms with Crippen LogP contribution in [-0.2, 0) is 26.2 Å². The predicted molar refractivity (Wildman–Crippen MR) is 136 cm³/mol. The number of fused-ring (bicyclic) bond motifs is 2. The van der Waals surface area contributed by atoms with Gasteiger partial charge in [-0.3, -0.25) is 4.79 Å². The van der Waals surface area contributed by atoms with Gasteiger partial charge in [-0.15, -0.1) is 22.7 Å². The number of benzene rings is 1. The number of nitrogens with one attached hydrogen (secondary N) is 1. The van der Waals surface area contributed by atoms with Gasteiger partial charge in [-0.1, -0.05) is 11.6 Å². The van der Waals surface area contributed by atoms with Crippen LogP contribution in [0.15, 0.2) is 40.9 Å². The number of thiophene rings is 2. The van der Waals surface area contributed by atoms with Crippen LogP contribution < -0.4 is 10.5 Å². The van der Waals surface area contributed by atoms with E-state index in [2.05, 4.69) is 14.7 Å². The van der Waals surface area contributed by atoms with Crippen molar-refractivity contribution in [2.45, 2.75) is 29.4 Å². The Morgan fingerprint density at radius 1 is 1.24 bits per heavy atom. The van der Waals surface area contributed by atoms with Gasteiger partial charge in [0.1, 0.15) is 22.4 Å². The zero-order chi connectivity index (χ0) is 27.8. The average Bonchev–Trinajstić information content (AvgIpc) is 3.52. The highest BCUT2D eigenvalue weighted by Crippen LogP contribution is 2.32. The second-order valence-corrected chi connectivity index (χ2v) is 12.6. The molecule has 1 saturated heterocycles. The highest BCUT2D eigenvalue weighted by molar-refractivity contribution is 7.91. The number of nitrogens with two attached hydrogens (primary N) is 1. The van der Waals surface area contributed by atoms with E-state index < -0.39 is 28.2 Å². The number of rotatable bonds is 5. The number of amides is 1. The Bertz CT molecular complexity index is 1640. The highest BCUT2D eigenvalue weighted by atomic mass is 35.5. The van der Waals surface area contributed by atoms with E-state index in [1.165, 1.54) is 17.7 Å². The fraction of sp³-hybridized carbons (Fsp3) is 0.238. The van der Waals surface area contributed by atoms with E-state index in [9.17, 15) is 26.4 Å². The molecule has 0 unspecified atom stereocenters. The van der Waals surface area contributed by atoms with Crippen molar-refractivity contribution in [3.8, 4) is 0 Å². The van der Waals surface area contributed by atoms with E-state index in [0.29, 0.717) is 30.4 Å². The number of nitrogens with zero attached hydrogens (tertiary/aromatic N) is 3. The molecule has 38 heavy (non-hydrogen) atoms. The van der Waals surface area contributed by atoms with Crippen molar-refractivity contribution in [1.29, 1.82) is 0 Å². The minimum atomic E-state index is -5.08. The lowest BCUT2D eigenvalue weighted by molar-refractivity contribution is -0.192. The molecule has 17 heteroatoms. The molecule has 202 valence electrons. The number of hydrogen-bond donors (Lipinski definition) is 3. The van der Waals surface area contributed by atoms with Crippen LogP contribution in [0.25, 0.3) is 20.3 Å². The number of alkyl halides is 3. The molecule has 0 spiro atoms. The Labute approximate surface area is 225 Å². The number of sulfonamides is 1. The molecule has 1 amide bonds. The summed E-state index contributed by atoms with van der Waals surface area (Å²) in [5.41, 5.74) is 6.62. The summed E-state index contributed by atoms with van der Waals surface area (Å²) in [6.45, 7) is 0.836. The molecule has 0 saturated carbocycles. The molecule has 1 aliphatic rings. The summed E-state index contributed by atoms with van der Waals surface area (Å²) >= 11 is 8.58. The molecular formula is C21H17ClF3N5O5S3. The molecule has 3 aromatic heterocycles. The molecule has 1 atom stereocenters. The summed E-state index contributed by atoms with van der Waals surface area (Å²) in [5.74, 6) is -2.60. The fourth-order valence-corrected chi connectivity index (χ4v) is 7.39. The molecule has 0 aliphatic carbocycles. The van der Waals surface area contributed by atoms with Crippen LogP contribution in [0.3, 0.4) is 0 Å². The minimum Gasteiger partial charge on any atom is -0.475 e. The molecule has 1 aliphatic heterocycles. The average molecular weight is 608 g/mol. The van der Waals surface area contributed by atoms with Crippen LogP contribution in [0.4, 0.5) is 19.0 Å². The summed E-state index contributed by atoms with van der Waals surface area (Å²) in [7, 11) is -3.83. The van der Waals surface area contributed by atoms with Gasteiger partial charge in [0.05, 0.1) is 16.8 Å². The van der Waals surface area contributed by atoms with Crippen LogP contribution in [0, 0.1) is 0 Å². The van der Waals surface area contributed by atoms with Crippen molar-refractivity contribution in [2.75, 3.05) is 12.3 Å². The Morgan fingerprint density at radius 3 is 2.61 bits per heavy atom. The number of carboxylic acid groups (broad SMARTS) is 1. The van der Waals surface area contributed by atoms with Gasteiger partial charge in [0.2, 0.25) is 5.91 Å². The van der Waals surface area contributed by atoms with Gasteiger partial charge in [0, 0.05) is 21.1 Å². The highest BCUT2D eigenvalue weighted by Gasteiger charge is 2.38. The van der Waals surface area contributed by atoms with Crippen LogP contribution in [-0.4, -0.2) is 59.0 Å². The van der Waals surface area contributed by atoms with E-state index in [1.54, 1.807) is 29.2 Å². The summed E-state index contributed by atoms with van der Waals surface area (Å²) in [4.78, 5) is 32.5. The normalized spacial score (nSPS) is 16.2. The zero-order valence-electron chi connectivity index (χ0n) is 18.9. The van der Waals surface area contributed by atoms with E-state index in [1.807, 2.05) is 6.07 Å². The van der Waals surface area contributed by atoms with Crippen LogP contribution in [0.2, 0.25) is 5.02 Å². The molecule has 0 radical (unpaired) electrons. The standard InChI is InChI=1S/C19H16ClN5O3S3.C2HF3O2/c20-11-1-2-15-10(5-11)6-16(30-15)31(27,28)24-13-3-4-25(19(13)26)8-12-7-14-17(29-12)18(21)23-9-22-14;3-2(4,5)1(6)7/h1-2,5-7,9,13,24H,3-4,8H2,(H2,21,22,23);(H,6,7)/t13-;/m0./s1. The monoisotopic (exact) mass is 607 g/mol. The van der Waals surface area contributed by atoms with E-state index >= 15 is 0 Å². The lowest BCUT2D eigenvalue weighted by Gasteiger charge is -2.16. The number of halogens is 4. The number of carbonyl (C=O) groups excluding carboxylic acids is 1. The number of likely N-dealkylation sites (tertiary alicyclic amines) is 1. The maximum atomic E-state index is 12.9. The Kier molecular flexibility index (Phi) is 7.81. The first-order valence-corrected chi connectivity index (χ1v) is 14.0. The van der Waals surface area contributed by atoms with Gasteiger partial charge in [0.15, 0.2) is 0 Å². The van der Waals surface area contributed by atoms with Crippen molar-refractivity contribution in [2.24, 2.45) is 0 Å². The van der Waals surface area contributed by atoms with E-state index in [4.69, 9.17) is 27.2 Å². The van der Waals surface area contributed by atoms with Gasteiger partial charge in [-0.05, 0) is 42.1 Å². The summed E-state index contributed by atoms with van der Waals surface area (Å²) in [6.07, 6.45) is -3.27. The van der Waals surface area contributed by atoms with Crippen LogP contribution in [0.5, 0.6) is 0 Å². The Hall–Kier alpha value is -3.05. The third-order valence-corrected chi connectivity index (χ3v) is 9.72. The zero-order valence-corrected chi connectivity index (χ0v) is 22.1. The van der Waals surface area contributed by atoms with Crippen molar-refractivity contribution in [3.63, 3.8) is 0 Å². The summed E-state index contributed by atoms with van der Waals surface area (Å²) < 4.78 is 61.8. The van der Waals surface area contributed by atoms with Gasteiger partial charge in [-0.25, -0.2) is 23.2 Å². The molecule has 4 aromatic rings. The van der Waals surface area contributed by atoms with Crippen molar-refractivity contribution in [3.05, 3.63) is 46.6 Å². The first-order valence-electron chi connectivity index (χ1n) is 10.5. The van der Waals surface area contributed by atoms with Crippen LogP contribution >= 0.6 is 34.3 Å². The smallest absolute Gasteiger partial charge is 0.475 e. The molecule has 10 nitrogen and oxygen atoms in total. The predicted octanol–water partition coefficient (Wildman–Crippen LogP) is 3.85. The van der Waals surface area contributed by atoms with Gasteiger partial charge >= 0.3 is 12.1 Å². The number of aliphatic carboxylic acids is 1. The maximum Gasteiger partial charge on any atom is 0.490 e. The van der Waals surface area contributed by atoms with Crippen molar-refractivity contribution < 1.29 is 36.3 Å². The summed E-state index contributed by atoms with van der Waals surface area (Å²) in [5, 5.41) is 8.42. The molecule has 0 bridgehead atoms. The lowest BCUT2D eigenvalue weighted by atomic mass is 10.3. The molecule has 1 fully saturated rings. The number of hydrogen-bond acceptors (Lipinski definition) is 9. The third kappa shape index (κ3) is 6.15. The fourth-order valence-electron chi connectivity index (χ4n) is 3.56. The molecular weight excluding hydrogens is 591 g/mol. The van der Waals surface area contributed by atoms with E-state index in [0.717, 1.165) is 36.5 Å². The molecule has 1 aromatic carbocycles. The largest absolute Gasteiger partial charge is 0.490 e. The van der Waals surface area contributed by atoms with Crippen LogP contribution in [0.1, 0.15) is 11.3 Å². The van der Waals surface area contributed by atoms with Crippen molar-refractivity contribution in [1.82, 2.24) is 19.6 Å². The first kappa shape index (κ1) is 28.0. The molecule has 4 N–H and O–H groups in total. The van der Waals surface area contributed by atoms with Gasteiger partial charge in [0.25, 0.3) is 10.0 Å². The molecule has 4 heterocycles. The quantitative estimate of drug-likeness (QED) is 0.309. The summed E-state index contributed by atoms with van der Waals surface area (Å²) in [6, 6.07) is 7.89. The minimum absolute atomic E-state index is 0.162. The second-order valence-electron chi connectivity index (χ2n) is 7.96. The third-order valence-electron chi connectivity index (χ3n) is 5.29. The number of anilines is 1. The number of carbonyl (C=O) groups is 2. The Morgan fingerprint density at radius 2 is 1.95 bits per heavy atom. The second kappa shape index (κ2) is 10.6. The molecule has 5 rings (SSSR count). The van der Waals surface area contributed by atoms with Crippen molar-refractivity contribution >= 4 is 82.3 Å². The Balaban J connectivity index is 0.000000426. The first-order chi connectivity index (χ1) is 17.7. The van der Waals surface area contributed by atoms with Gasteiger partial charge in [-0.2, -0.15) is 17.9 Å². The number of aromatic nitrogens is 2. The maximum absolute atomic E-state index is 12.9. The number of nitrogen functional groups attached to an aromatic ring is 1. The topological polar surface area (TPSA) is 156 Å². The SMILES string of the molecule is Nc1ncnc2cc(CN3CC[C@H](NS(=O)(=O)c4cc5cc(Cl)ccc5s4)C3=O)sc12.O=C(O)C(F)(F)F. The number of carboxylic acids is 1. The lowest BCUT2D eigenvalue weighted by Crippen LogP contribution is -2.40.